The molecule has 108 valence electrons. The Kier molecular flexibility index (Phi) is 3.92. The number of ether oxygens (including phenoxy) is 1. The number of halogens is 2. The molecule has 0 aromatic carbocycles. The normalized spacial score (nSPS) is 32.7. The van der Waals surface area contributed by atoms with Crippen LogP contribution in [0.25, 0.3) is 0 Å². The van der Waals surface area contributed by atoms with E-state index in [0.29, 0.717) is 4.68 Å². The maximum Gasteiger partial charge on any atom is 0.347 e. The molecule has 0 amide bonds. The zero-order valence-corrected chi connectivity index (χ0v) is 10.5. The zero-order chi connectivity index (χ0) is 14.9. The van der Waals surface area contributed by atoms with Crippen molar-refractivity contribution in [2.24, 2.45) is 0 Å². The van der Waals surface area contributed by atoms with Crippen LogP contribution in [0.15, 0.2) is 15.8 Å². The molecule has 1 aliphatic heterocycles. The lowest BCUT2D eigenvalue weighted by atomic mass is 9.97. The third-order valence-corrected chi connectivity index (χ3v) is 2.92. The smallest absolute Gasteiger partial charge is 0.347 e. The summed E-state index contributed by atoms with van der Waals surface area (Å²) in [4.78, 5) is 24.4. The van der Waals surface area contributed by atoms with E-state index in [1.54, 1.807) is 5.38 Å². The Morgan fingerprint density at radius 1 is 1.65 bits per heavy atom. The number of nitrogens with zero attached hydrogens (tertiary/aromatic N) is 2. The molecule has 1 aliphatic rings. The maximum atomic E-state index is 14.7. The van der Waals surface area contributed by atoms with E-state index >= 15 is 0 Å². The van der Waals surface area contributed by atoms with Gasteiger partial charge in [0.15, 0.2) is 0 Å². The van der Waals surface area contributed by atoms with Crippen molar-refractivity contribution in [3.8, 4) is 11.3 Å². The van der Waals surface area contributed by atoms with Gasteiger partial charge in [-0.3, -0.25) is 9.78 Å². The molecule has 1 unspecified atom stereocenters. The SMILES string of the molecule is O=c1cnn([C@@H]2O[C@H](CO)[C@H](O)C2(F)C#CCl)c(=O)[nH]1. The first-order valence-electron chi connectivity index (χ1n) is 5.38. The second kappa shape index (κ2) is 5.34. The lowest BCUT2D eigenvalue weighted by molar-refractivity contribution is -0.0611. The molecule has 0 saturated carbocycles. The molecule has 20 heavy (non-hydrogen) atoms. The molecule has 0 bridgehead atoms. The number of nitrogens with one attached hydrogen (secondary N) is 1. The van der Waals surface area contributed by atoms with Crippen LogP contribution in [0.3, 0.4) is 0 Å². The fourth-order valence-electron chi connectivity index (χ4n) is 1.87. The van der Waals surface area contributed by atoms with Gasteiger partial charge in [-0.25, -0.2) is 9.18 Å². The standard InChI is InChI=1S/C10H9ClFN3O5/c11-2-1-10(12)7(18)5(4-16)20-8(10)15-9(19)14-6(17)3-13-15/h3,5,7-8,16,18H,4H2,(H,14,17,19)/t5-,7+,8-,10?/m1/s1. The second-order valence-electron chi connectivity index (χ2n) is 4.03. The van der Waals surface area contributed by atoms with Crippen molar-refractivity contribution >= 4 is 11.6 Å². The van der Waals surface area contributed by atoms with E-state index in [0.717, 1.165) is 6.20 Å². The fraction of sp³-hybridized carbons (Fsp3) is 0.500. The van der Waals surface area contributed by atoms with Crippen molar-refractivity contribution in [3.05, 3.63) is 27.0 Å². The molecule has 0 spiro atoms. The second-order valence-corrected chi connectivity index (χ2v) is 4.21. The number of aliphatic hydroxyl groups excluding tert-OH is 2. The van der Waals surface area contributed by atoms with Gasteiger partial charge in [-0.15, -0.1) is 0 Å². The van der Waals surface area contributed by atoms with Crippen LogP contribution < -0.4 is 11.2 Å². The van der Waals surface area contributed by atoms with E-state index in [2.05, 4.69) is 5.10 Å². The Morgan fingerprint density at radius 2 is 2.35 bits per heavy atom. The summed E-state index contributed by atoms with van der Waals surface area (Å²) in [6.45, 7) is -0.703. The number of aromatic nitrogens is 3. The number of hydrogen-bond acceptors (Lipinski definition) is 6. The Balaban J connectivity index is 2.55. The van der Waals surface area contributed by atoms with E-state index in [9.17, 15) is 19.1 Å². The van der Waals surface area contributed by atoms with Crippen molar-refractivity contribution in [3.63, 3.8) is 0 Å². The average Bonchev–Trinajstić information content (AvgIpc) is 2.63. The molecule has 2 heterocycles. The largest absolute Gasteiger partial charge is 0.394 e. The third-order valence-electron chi connectivity index (χ3n) is 2.82. The molecular weight excluding hydrogens is 297 g/mol. The van der Waals surface area contributed by atoms with Crippen LogP contribution in [0.5, 0.6) is 0 Å². The quantitative estimate of drug-likeness (QED) is 0.549. The molecule has 1 fully saturated rings. The van der Waals surface area contributed by atoms with Gasteiger partial charge in [0.2, 0.25) is 11.9 Å². The van der Waals surface area contributed by atoms with E-state index < -0.39 is 42.0 Å². The van der Waals surface area contributed by atoms with E-state index in [4.69, 9.17) is 21.4 Å². The molecule has 8 nitrogen and oxygen atoms in total. The van der Waals surface area contributed by atoms with Crippen molar-refractivity contribution in [1.82, 2.24) is 14.8 Å². The summed E-state index contributed by atoms with van der Waals surface area (Å²) in [5.41, 5.74) is -4.59. The molecule has 0 radical (unpaired) electrons. The third kappa shape index (κ3) is 2.23. The van der Waals surface area contributed by atoms with E-state index in [-0.39, 0.29) is 0 Å². The molecule has 1 saturated heterocycles. The number of rotatable bonds is 2. The van der Waals surface area contributed by atoms with Crippen LogP contribution >= 0.6 is 11.6 Å². The lowest BCUT2D eigenvalue weighted by Gasteiger charge is -2.22. The first kappa shape index (κ1) is 14.7. The van der Waals surface area contributed by atoms with Gasteiger partial charge in [0.1, 0.15) is 18.4 Å². The Bertz CT molecular complexity index is 680. The first-order valence-corrected chi connectivity index (χ1v) is 5.76. The molecule has 10 heteroatoms. The predicted octanol–water partition coefficient (Wildman–Crippen LogP) is -1.91. The Labute approximate surface area is 115 Å². The van der Waals surface area contributed by atoms with E-state index in [1.807, 2.05) is 10.9 Å². The van der Waals surface area contributed by atoms with E-state index in [1.165, 1.54) is 0 Å². The summed E-state index contributed by atoms with van der Waals surface area (Å²) in [5.74, 6) is 1.90. The maximum absolute atomic E-state index is 14.7. The van der Waals surface area contributed by atoms with Crippen molar-refractivity contribution in [2.75, 3.05) is 6.61 Å². The van der Waals surface area contributed by atoms with Crippen LogP contribution in [0, 0.1) is 11.3 Å². The topological polar surface area (TPSA) is 117 Å². The van der Waals surface area contributed by atoms with Crippen LogP contribution in [0.1, 0.15) is 6.23 Å². The lowest BCUT2D eigenvalue weighted by Crippen LogP contribution is -2.46. The van der Waals surface area contributed by atoms with Crippen LogP contribution in [0.2, 0.25) is 0 Å². The molecule has 4 atom stereocenters. The van der Waals surface area contributed by atoms with Gasteiger partial charge in [0, 0.05) is 5.38 Å². The first-order chi connectivity index (χ1) is 9.43. The van der Waals surface area contributed by atoms with Crippen molar-refractivity contribution < 1.29 is 19.3 Å². The Hall–Kier alpha value is -1.73. The van der Waals surface area contributed by atoms with Gasteiger partial charge in [-0.2, -0.15) is 9.78 Å². The van der Waals surface area contributed by atoms with Crippen LogP contribution in [-0.4, -0.2) is 49.5 Å². The zero-order valence-electron chi connectivity index (χ0n) is 9.79. The summed E-state index contributed by atoms with van der Waals surface area (Å²) in [5, 5.41) is 24.0. The molecule has 3 N–H and O–H groups in total. The van der Waals surface area contributed by atoms with Gasteiger partial charge >= 0.3 is 5.69 Å². The minimum Gasteiger partial charge on any atom is -0.394 e. The minimum absolute atomic E-state index is 0.474. The summed E-state index contributed by atoms with van der Waals surface area (Å²) in [6.07, 6.45) is -4.18. The average molecular weight is 306 g/mol. The number of aliphatic hydroxyl groups is 2. The van der Waals surface area contributed by atoms with Gasteiger partial charge < -0.3 is 14.9 Å². The monoisotopic (exact) mass is 305 g/mol. The van der Waals surface area contributed by atoms with Crippen LogP contribution in [0.4, 0.5) is 4.39 Å². The number of alkyl halides is 1. The predicted molar refractivity (Wildman–Crippen MR) is 63.6 cm³/mol. The van der Waals surface area contributed by atoms with Gasteiger partial charge in [0.25, 0.3) is 5.56 Å². The Morgan fingerprint density at radius 3 is 2.90 bits per heavy atom. The van der Waals surface area contributed by atoms with Gasteiger partial charge in [-0.05, 0) is 17.5 Å². The van der Waals surface area contributed by atoms with Crippen LogP contribution in [-0.2, 0) is 4.74 Å². The summed E-state index contributed by atoms with van der Waals surface area (Å²) in [6, 6.07) is 0. The highest BCUT2D eigenvalue weighted by Crippen LogP contribution is 2.40. The fourth-order valence-corrected chi connectivity index (χ4v) is 2.02. The highest BCUT2D eigenvalue weighted by Gasteiger charge is 2.58. The molecule has 2 rings (SSSR count). The highest BCUT2D eigenvalue weighted by molar-refractivity contribution is 6.30. The number of H-pyrrole nitrogens is 1. The number of hydrogen-bond donors (Lipinski definition) is 3. The molecule has 0 aliphatic carbocycles. The highest BCUT2D eigenvalue weighted by atomic mass is 35.5. The molecule has 1 aromatic rings. The molecule has 1 aromatic heterocycles. The summed E-state index contributed by atoms with van der Waals surface area (Å²) in [7, 11) is 0. The minimum atomic E-state index is -2.76. The molecular formula is C10H9ClFN3O5. The van der Waals surface area contributed by atoms with Gasteiger partial charge in [0.05, 0.1) is 6.61 Å². The number of aromatic amines is 1. The van der Waals surface area contributed by atoms with Crippen molar-refractivity contribution in [1.29, 1.82) is 0 Å². The summed E-state index contributed by atoms with van der Waals surface area (Å²) < 4.78 is 20.3. The summed E-state index contributed by atoms with van der Waals surface area (Å²) >= 11 is 5.15. The van der Waals surface area contributed by atoms with Crippen molar-refractivity contribution in [2.45, 2.75) is 24.1 Å². The van der Waals surface area contributed by atoms with Gasteiger partial charge in [-0.1, -0.05) is 0 Å².